The zero-order chi connectivity index (χ0) is 10.6. The number of anilines is 1. The second-order valence-electron chi connectivity index (χ2n) is 2.57. The Hall–Kier alpha value is -0.300. The van der Waals surface area contributed by atoms with Crippen molar-refractivity contribution in [2.75, 3.05) is 19.4 Å². The number of nitrogens with zero attached hydrogens (tertiary/aromatic N) is 1. The molecule has 0 atom stereocenters. The number of benzene rings is 1. The fourth-order valence-electron chi connectivity index (χ4n) is 0.951. The highest BCUT2D eigenvalue weighted by atomic mass is 127. The van der Waals surface area contributed by atoms with Gasteiger partial charge in [-0.1, -0.05) is 15.9 Å². The highest BCUT2D eigenvalue weighted by molar-refractivity contribution is 14.1. The number of hydrogen-bond donors (Lipinski definition) is 2. The van der Waals surface area contributed by atoms with Crippen LogP contribution in [0.15, 0.2) is 27.7 Å². The first-order valence-corrected chi connectivity index (χ1v) is 5.91. The van der Waals surface area contributed by atoms with Gasteiger partial charge in [-0.2, -0.15) is 0 Å². The minimum atomic E-state index is 0.751. The molecule has 14 heavy (non-hydrogen) atoms. The Morgan fingerprint density at radius 3 is 2.79 bits per heavy atom. The lowest BCUT2D eigenvalue weighted by Crippen LogP contribution is -2.27. The fourth-order valence-corrected chi connectivity index (χ4v) is 1.78. The van der Waals surface area contributed by atoms with Gasteiger partial charge in [0.25, 0.3) is 0 Å². The van der Waals surface area contributed by atoms with Gasteiger partial charge >= 0.3 is 0 Å². The average molecular weight is 368 g/mol. The molecule has 0 heterocycles. The third-order valence-electron chi connectivity index (χ3n) is 1.64. The van der Waals surface area contributed by atoms with E-state index in [0.29, 0.717) is 0 Å². The lowest BCUT2D eigenvalue weighted by atomic mass is 10.3. The molecule has 0 aliphatic rings. The van der Waals surface area contributed by atoms with Crippen molar-refractivity contribution in [1.29, 1.82) is 0 Å². The van der Waals surface area contributed by atoms with Crippen molar-refractivity contribution in [2.24, 2.45) is 4.99 Å². The van der Waals surface area contributed by atoms with Gasteiger partial charge in [-0.05, 0) is 40.8 Å². The summed E-state index contributed by atoms with van der Waals surface area (Å²) in [6.45, 7) is 0. The number of aliphatic imine (C=N–C) groups is 1. The van der Waals surface area contributed by atoms with Crippen LogP contribution in [-0.4, -0.2) is 20.1 Å². The van der Waals surface area contributed by atoms with Gasteiger partial charge in [0.05, 0.1) is 5.69 Å². The van der Waals surface area contributed by atoms with Gasteiger partial charge in [-0.3, -0.25) is 4.99 Å². The summed E-state index contributed by atoms with van der Waals surface area (Å²) in [5, 5.41) is 6.16. The summed E-state index contributed by atoms with van der Waals surface area (Å²) < 4.78 is 2.20. The quantitative estimate of drug-likeness (QED) is 0.455. The monoisotopic (exact) mass is 367 g/mol. The second-order valence-corrected chi connectivity index (χ2v) is 4.65. The lowest BCUT2D eigenvalue weighted by molar-refractivity contribution is 1.14. The van der Waals surface area contributed by atoms with Crippen LogP contribution in [0.2, 0.25) is 0 Å². The van der Waals surface area contributed by atoms with E-state index in [-0.39, 0.29) is 0 Å². The van der Waals surface area contributed by atoms with E-state index in [9.17, 15) is 0 Å². The van der Waals surface area contributed by atoms with Gasteiger partial charge < -0.3 is 10.6 Å². The van der Waals surface area contributed by atoms with E-state index in [4.69, 9.17) is 0 Å². The first kappa shape index (κ1) is 11.8. The summed E-state index contributed by atoms with van der Waals surface area (Å²) in [4.78, 5) is 4.05. The van der Waals surface area contributed by atoms with Gasteiger partial charge in [-0.25, -0.2) is 0 Å². The minimum Gasteiger partial charge on any atom is -0.359 e. The number of guanidine groups is 1. The smallest absolute Gasteiger partial charge is 0.195 e. The van der Waals surface area contributed by atoms with Gasteiger partial charge in [0.1, 0.15) is 0 Å². The molecule has 0 amide bonds. The molecule has 2 N–H and O–H groups in total. The van der Waals surface area contributed by atoms with Gasteiger partial charge in [0.15, 0.2) is 5.96 Å². The molecule has 5 heteroatoms. The molecular formula is C9H11BrIN3. The summed E-state index contributed by atoms with van der Waals surface area (Å²) in [5.74, 6) is 0.751. The van der Waals surface area contributed by atoms with Crippen LogP contribution in [0.4, 0.5) is 5.69 Å². The van der Waals surface area contributed by atoms with Crippen LogP contribution in [0.5, 0.6) is 0 Å². The number of nitrogens with one attached hydrogen (secondary N) is 2. The summed E-state index contributed by atoms with van der Waals surface area (Å²) in [7, 11) is 3.57. The maximum atomic E-state index is 4.05. The van der Waals surface area contributed by atoms with Crippen molar-refractivity contribution in [2.45, 2.75) is 0 Å². The standard InChI is InChI=1S/C9H11BrIN3/c1-12-9(13-2)14-8-5-6(10)3-4-7(8)11/h3-5H,1-2H3,(H2,12,13,14). The van der Waals surface area contributed by atoms with Crippen LogP contribution in [0.1, 0.15) is 0 Å². The van der Waals surface area contributed by atoms with E-state index in [1.54, 1.807) is 7.05 Å². The van der Waals surface area contributed by atoms with E-state index >= 15 is 0 Å². The molecule has 76 valence electrons. The lowest BCUT2D eigenvalue weighted by Gasteiger charge is -2.10. The second kappa shape index (κ2) is 5.55. The molecule has 0 fully saturated rings. The Balaban J connectivity index is 2.90. The summed E-state index contributed by atoms with van der Waals surface area (Å²) >= 11 is 5.70. The molecule has 0 aliphatic carbocycles. The van der Waals surface area contributed by atoms with E-state index in [2.05, 4.69) is 54.1 Å². The zero-order valence-corrected chi connectivity index (χ0v) is 11.7. The Morgan fingerprint density at radius 2 is 2.21 bits per heavy atom. The third-order valence-corrected chi connectivity index (χ3v) is 3.08. The first-order valence-electron chi connectivity index (χ1n) is 4.04. The average Bonchev–Trinajstić information content (AvgIpc) is 2.19. The van der Waals surface area contributed by atoms with Crippen LogP contribution in [0.3, 0.4) is 0 Å². The van der Waals surface area contributed by atoms with E-state index < -0.39 is 0 Å². The van der Waals surface area contributed by atoms with Crippen molar-refractivity contribution in [3.63, 3.8) is 0 Å². The van der Waals surface area contributed by atoms with Crippen LogP contribution in [-0.2, 0) is 0 Å². The molecule has 0 spiro atoms. The van der Waals surface area contributed by atoms with E-state index in [1.807, 2.05) is 25.2 Å². The molecular weight excluding hydrogens is 357 g/mol. The van der Waals surface area contributed by atoms with Crippen molar-refractivity contribution < 1.29 is 0 Å². The third kappa shape index (κ3) is 3.13. The molecule has 0 aromatic heterocycles. The highest BCUT2D eigenvalue weighted by Crippen LogP contribution is 2.22. The largest absolute Gasteiger partial charge is 0.359 e. The highest BCUT2D eigenvalue weighted by Gasteiger charge is 2.01. The maximum absolute atomic E-state index is 4.05. The molecule has 3 nitrogen and oxygen atoms in total. The maximum Gasteiger partial charge on any atom is 0.195 e. The number of halogens is 2. The van der Waals surface area contributed by atoms with Crippen molar-refractivity contribution >= 4 is 50.2 Å². The van der Waals surface area contributed by atoms with Crippen LogP contribution in [0.25, 0.3) is 0 Å². The van der Waals surface area contributed by atoms with E-state index in [1.165, 1.54) is 0 Å². The Morgan fingerprint density at radius 1 is 1.50 bits per heavy atom. The van der Waals surface area contributed by atoms with E-state index in [0.717, 1.165) is 19.7 Å². The Labute approximate surface area is 106 Å². The molecule has 0 aliphatic heterocycles. The first-order chi connectivity index (χ1) is 6.67. The van der Waals surface area contributed by atoms with Gasteiger partial charge in [0.2, 0.25) is 0 Å². The molecule has 0 saturated heterocycles. The predicted octanol–water partition coefficient (Wildman–Crippen LogP) is 2.67. The topological polar surface area (TPSA) is 36.4 Å². The number of rotatable bonds is 1. The van der Waals surface area contributed by atoms with Crippen molar-refractivity contribution in [1.82, 2.24) is 5.32 Å². The Kier molecular flexibility index (Phi) is 4.67. The van der Waals surface area contributed by atoms with Crippen molar-refractivity contribution in [3.8, 4) is 0 Å². The van der Waals surface area contributed by atoms with Gasteiger partial charge in [-0.15, -0.1) is 0 Å². The molecule has 1 aromatic carbocycles. The summed E-state index contributed by atoms with van der Waals surface area (Å²) in [6.07, 6.45) is 0. The molecule has 0 unspecified atom stereocenters. The molecule has 1 aromatic rings. The summed E-state index contributed by atoms with van der Waals surface area (Å²) in [6, 6.07) is 6.06. The van der Waals surface area contributed by atoms with Crippen LogP contribution < -0.4 is 10.6 Å². The Bertz CT molecular complexity index is 352. The normalized spacial score (nSPS) is 11.3. The van der Waals surface area contributed by atoms with Gasteiger partial charge in [0, 0.05) is 22.1 Å². The predicted molar refractivity (Wildman–Crippen MR) is 72.9 cm³/mol. The van der Waals surface area contributed by atoms with Crippen LogP contribution in [0, 0.1) is 3.57 Å². The molecule has 0 bridgehead atoms. The zero-order valence-electron chi connectivity index (χ0n) is 7.94. The molecule has 0 saturated carbocycles. The number of hydrogen-bond acceptors (Lipinski definition) is 1. The molecule has 1 rings (SSSR count). The molecule has 0 radical (unpaired) electrons. The fraction of sp³-hybridized carbons (Fsp3) is 0.222. The SMILES string of the molecule is CN=C(NC)Nc1cc(Br)ccc1I. The van der Waals surface area contributed by atoms with Crippen molar-refractivity contribution in [3.05, 3.63) is 26.2 Å². The minimum absolute atomic E-state index is 0.751. The van der Waals surface area contributed by atoms with Crippen LogP contribution >= 0.6 is 38.5 Å². The summed E-state index contributed by atoms with van der Waals surface area (Å²) in [5.41, 5.74) is 1.04.